The van der Waals surface area contributed by atoms with Crippen molar-refractivity contribution in [3.63, 3.8) is 0 Å². The maximum Gasteiger partial charge on any atom is 0.260 e. The molecule has 2 heterocycles. The molecule has 0 N–H and O–H groups in total. The van der Waals surface area contributed by atoms with Crippen LogP contribution in [0.15, 0.2) is 91.0 Å². The van der Waals surface area contributed by atoms with Crippen molar-refractivity contribution in [3.8, 4) is 45.3 Å². The summed E-state index contributed by atoms with van der Waals surface area (Å²) < 4.78 is 13.4. The summed E-state index contributed by atoms with van der Waals surface area (Å²) in [5, 5.41) is 0. The van der Waals surface area contributed by atoms with Gasteiger partial charge in [-0.05, 0) is 127 Å². The van der Waals surface area contributed by atoms with Gasteiger partial charge in [-0.2, -0.15) is 0 Å². The van der Waals surface area contributed by atoms with E-state index in [9.17, 15) is 0 Å². The summed E-state index contributed by atoms with van der Waals surface area (Å²) >= 11 is 0. The van der Waals surface area contributed by atoms with Crippen molar-refractivity contribution < 1.29 is 9.47 Å². The highest BCUT2D eigenvalue weighted by molar-refractivity contribution is 6.98. The lowest BCUT2D eigenvalue weighted by Gasteiger charge is -2.42. The predicted molar refractivity (Wildman–Crippen MR) is 206 cm³/mol. The first kappa shape index (κ1) is 30.8. The van der Waals surface area contributed by atoms with Crippen molar-refractivity contribution in [2.24, 2.45) is 0 Å². The molecule has 246 valence electrons. The zero-order chi connectivity index (χ0) is 34.1. The van der Waals surface area contributed by atoms with Crippen molar-refractivity contribution in [2.45, 2.75) is 103 Å². The zero-order valence-corrected chi connectivity index (χ0v) is 30.4. The van der Waals surface area contributed by atoms with E-state index in [0.717, 1.165) is 28.5 Å². The molecule has 5 aromatic rings. The molecule has 3 heteroatoms. The van der Waals surface area contributed by atoms with E-state index >= 15 is 0 Å². The molecular weight excluding hydrogens is 595 g/mol. The molecule has 49 heavy (non-hydrogen) atoms. The monoisotopic (exact) mass is 642 g/mol. The van der Waals surface area contributed by atoms with Crippen molar-refractivity contribution in [1.29, 1.82) is 0 Å². The Hall–Kier alpha value is -4.24. The molecule has 2 aliphatic carbocycles. The maximum atomic E-state index is 6.69. The van der Waals surface area contributed by atoms with Crippen LogP contribution in [0.4, 0.5) is 0 Å². The summed E-state index contributed by atoms with van der Waals surface area (Å²) in [6, 6.07) is 34.2. The Morgan fingerprint density at radius 3 is 1.20 bits per heavy atom. The van der Waals surface area contributed by atoms with Crippen LogP contribution in [-0.2, 0) is 21.7 Å². The molecule has 0 fully saturated rings. The first-order valence-corrected chi connectivity index (χ1v) is 18.3. The SMILES string of the molecule is CC1(C)CCC(C)(C)c2cc(-c3ccc4c(c3)Oc3cccc5c3B4c3ccc(-c4ccc6c(c4)C(C)(C)CCC6(C)C)cc3O5)ccc21. The van der Waals surface area contributed by atoms with Gasteiger partial charge in [0.05, 0.1) is 0 Å². The quantitative estimate of drug-likeness (QED) is 0.175. The van der Waals surface area contributed by atoms with Crippen LogP contribution in [0.25, 0.3) is 22.3 Å². The number of ether oxygens (including phenoxy) is 2. The molecule has 9 rings (SSSR count). The van der Waals surface area contributed by atoms with Gasteiger partial charge in [-0.1, -0.05) is 122 Å². The molecule has 2 nitrogen and oxygen atoms in total. The fourth-order valence-electron chi connectivity index (χ4n) is 9.32. The minimum absolute atomic E-state index is 0.0494. The Labute approximate surface area is 293 Å². The van der Waals surface area contributed by atoms with E-state index in [1.165, 1.54) is 81.1 Å². The lowest BCUT2D eigenvalue weighted by atomic mass is 9.35. The Balaban J connectivity index is 1.12. The summed E-state index contributed by atoms with van der Waals surface area (Å²) in [7, 11) is 0. The Morgan fingerprint density at radius 2 is 0.776 bits per heavy atom. The van der Waals surface area contributed by atoms with Gasteiger partial charge in [-0.3, -0.25) is 0 Å². The van der Waals surface area contributed by atoms with E-state index in [2.05, 4.69) is 146 Å². The average molecular weight is 643 g/mol. The highest BCUT2D eigenvalue weighted by atomic mass is 16.5. The van der Waals surface area contributed by atoms with Crippen LogP contribution in [0, 0.1) is 0 Å². The molecule has 0 atom stereocenters. The lowest BCUT2D eigenvalue weighted by molar-refractivity contribution is 0.332. The third-order valence-electron chi connectivity index (χ3n) is 12.8. The van der Waals surface area contributed by atoms with Crippen LogP contribution in [-0.4, -0.2) is 6.71 Å². The second-order valence-electron chi connectivity index (χ2n) is 17.9. The maximum absolute atomic E-state index is 6.69. The fourth-order valence-corrected chi connectivity index (χ4v) is 9.32. The van der Waals surface area contributed by atoms with Crippen LogP contribution >= 0.6 is 0 Å². The van der Waals surface area contributed by atoms with E-state index in [1.54, 1.807) is 0 Å². The lowest BCUT2D eigenvalue weighted by Crippen LogP contribution is -2.57. The molecule has 2 aliphatic heterocycles. The molecule has 0 radical (unpaired) electrons. The molecule has 0 unspecified atom stereocenters. The normalized spacial score (nSPS) is 19.6. The molecule has 0 saturated carbocycles. The minimum Gasteiger partial charge on any atom is -0.458 e. The summed E-state index contributed by atoms with van der Waals surface area (Å²) in [6.45, 7) is 19.2. The van der Waals surface area contributed by atoms with Crippen LogP contribution in [0.5, 0.6) is 23.0 Å². The summed E-state index contributed by atoms with van der Waals surface area (Å²) in [6.07, 6.45) is 4.85. The van der Waals surface area contributed by atoms with Crippen molar-refractivity contribution in [1.82, 2.24) is 0 Å². The van der Waals surface area contributed by atoms with Crippen LogP contribution in [0.1, 0.15) is 103 Å². The van der Waals surface area contributed by atoms with E-state index in [4.69, 9.17) is 9.47 Å². The molecular formula is C46H47BO2. The highest BCUT2D eigenvalue weighted by Crippen LogP contribution is 2.49. The number of rotatable bonds is 2. The van der Waals surface area contributed by atoms with Gasteiger partial charge in [-0.15, -0.1) is 0 Å². The topological polar surface area (TPSA) is 18.5 Å². The molecule has 0 spiro atoms. The third-order valence-corrected chi connectivity index (χ3v) is 12.8. The molecule has 4 aliphatic rings. The molecule has 0 saturated heterocycles. The molecule has 0 bridgehead atoms. The Kier molecular flexibility index (Phi) is 6.38. The van der Waals surface area contributed by atoms with Crippen molar-refractivity contribution in [2.75, 3.05) is 0 Å². The summed E-state index contributed by atoms with van der Waals surface area (Å²) in [5.41, 5.74) is 15.1. The second-order valence-corrected chi connectivity index (χ2v) is 17.9. The van der Waals surface area contributed by atoms with Gasteiger partial charge < -0.3 is 9.47 Å². The zero-order valence-electron chi connectivity index (χ0n) is 30.4. The van der Waals surface area contributed by atoms with Gasteiger partial charge in [-0.25, -0.2) is 0 Å². The van der Waals surface area contributed by atoms with Gasteiger partial charge in [0.25, 0.3) is 6.71 Å². The van der Waals surface area contributed by atoms with Crippen LogP contribution < -0.4 is 25.9 Å². The van der Waals surface area contributed by atoms with Gasteiger partial charge in [0, 0.05) is 5.46 Å². The fraction of sp³-hybridized carbons (Fsp3) is 0.348. The van der Waals surface area contributed by atoms with Crippen LogP contribution in [0.3, 0.4) is 0 Å². The van der Waals surface area contributed by atoms with Crippen LogP contribution in [0.2, 0.25) is 0 Å². The number of hydrogen-bond acceptors (Lipinski definition) is 2. The smallest absolute Gasteiger partial charge is 0.260 e. The Bertz CT molecular complexity index is 2050. The number of hydrogen-bond donors (Lipinski definition) is 0. The van der Waals surface area contributed by atoms with Gasteiger partial charge in [0.1, 0.15) is 23.0 Å². The van der Waals surface area contributed by atoms with E-state index < -0.39 is 0 Å². The standard InChI is InChI=1S/C46H47BO2/c1-43(2)20-22-45(5,6)34-24-28(12-16-32(34)43)30-14-18-36-40(26-30)48-38-10-9-11-39-42(38)47(36)37-19-15-31(27-41(37)49-39)29-13-17-33-35(25-29)46(7,8)23-21-44(33,3)4/h9-19,24-27H,20-23H2,1-8H3. The highest BCUT2D eigenvalue weighted by Gasteiger charge is 2.41. The van der Waals surface area contributed by atoms with Gasteiger partial charge in [0.2, 0.25) is 0 Å². The number of fused-ring (bicyclic) bond motifs is 6. The largest absolute Gasteiger partial charge is 0.458 e. The Morgan fingerprint density at radius 1 is 0.408 bits per heavy atom. The molecule has 5 aromatic carbocycles. The molecule has 0 amide bonds. The first-order chi connectivity index (χ1) is 23.2. The predicted octanol–water partition coefficient (Wildman–Crippen LogP) is 10.4. The molecule has 0 aromatic heterocycles. The summed E-state index contributed by atoms with van der Waals surface area (Å²) in [5.74, 6) is 3.63. The minimum atomic E-state index is 0.0494. The average Bonchev–Trinajstić information content (AvgIpc) is 3.08. The van der Waals surface area contributed by atoms with Crippen molar-refractivity contribution in [3.05, 3.63) is 113 Å². The first-order valence-electron chi connectivity index (χ1n) is 18.3. The number of benzene rings is 5. The van der Waals surface area contributed by atoms with Gasteiger partial charge >= 0.3 is 0 Å². The van der Waals surface area contributed by atoms with Gasteiger partial charge in [0.15, 0.2) is 0 Å². The third kappa shape index (κ3) is 4.68. The van der Waals surface area contributed by atoms with E-state index in [-0.39, 0.29) is 28.4 Å². The van der Waals surface area contributed by atoms with E-state index in [1.807, 2.05) is 0 Å². The second kappa shape index (κ2) is 10.2. The van der Waals surface area contributed by atoms with E-state index in [0.29, 0.717) is 0 Å². The van der Waals surface area contributed by atoms with Crippen molar-refractivity contribution >= 4 is 23.1 Å². The summed E-state index contributed by atoms with van der Waals surface area (Å²) in [4.78, 5) is 0.